The Morgan fingerprint density at radius 3 is 2.52 bits per heavy atom. The third-order valence-electron chi connectivity index (χ3n) is 3.03. The smallest absolute Gasteiger partial charge is 0.216 e. The van der Waals surface area contributed by atoms with Gasteiger partial charge in [0.1, 0.15) is 11.9 Å². The van der Waals surface area contributed by atoms with Gasteiger partial charge in [0.2, 0.25) is 10.0 Å². The number of nitrogens with one attached hydrogen (secondary N) is 1. The number of aliphatic hydroxyl groups is 1. The monoisotopic (exact) mass is 309 g/mol. The maximum Gasteiger partial charge on any atom is 0.216 e. The molecule has 2 aromatic rings. The Bertz CT molecular complexity index is 638. The van der Waals surface area contributed by atoms with Crippen LogP contribution in [0.2, 0.25) is 0 Å². The molecule has 0 saturated heterocycles. The number of rotatable bonds is 7. The van der Waals surface area contributed by atoms with Crippen LogP contribution in [-0.4, -0.2) is 19.6 Å². The topological polar surface area (TPSA) is 79.5 Å². The van der Waals surface area contributed by atoms with Gasteiger partial charge in [-0.1, -0.05) is 30.3 Å². The minimum atomic E-state index is -3.44. The molecule has 6 heteroatoms. The maximum absolute atomic E-state index is 12.1. The number of benzene rings is 1. The SMILES string of the molecule is C[C@H](C[C@H](O)c1ccco1)NS(=O)(=O)Cc1ccccc1. The maximum atomic E-state index is 12.1. The predicted octanol–water partition coefficient (Wildman–Crippen LogP) is 2.21. The van der Waals surface area contributed by atoms with E-state index in [2.05, 4.69) is 4.72 Å². The highest BCUT2D eigenvalue weighted by atomic mass is 32.2. The van der Waals surface area contributed by atoms with Gasteiger partial charge < -0.3 is 9.52 Å². The largest absolute Gasteiger partial charge is 0.467 e. The third kappa shape index (κ3) is 5.00. The summed E-state index contributed by atoms with van der Waals surface area (Å²) in [4.78, 5) is 0. The van der Waals surface area contributed by atoms with Crippen molar-refractivity contribution in [3.05, 3.63) is 60.1 Å². The van der Waals surface area contributed by atoms with Crippen LogP contribution in [0.3, 0.4) is 0 Å². The number of aliphatic hydroxyl groups excluding tert-OH is 1. The average molecular weight is 309 g/mol. The first-order chi connectivity index (χ1) is 9.96. The molecule has 1 aromatic heterocycles. The molecule has 0 bridgehead atoms. The molecule has 0 unspecified atom stereocenters. The van der Waals surface area contributed by atoms with E-state index in [1.807, 2.05) is 6.07 Å². The lowest BCUT2D eigenvalue weighted by atomic mass is 10.1. The summed E-state index contributed by atoms with van der Waals surface area (Å²) in [5, 5.41) is 9.94. The minimum absolute atomic E-state index is 0.0744. The minimum Gasteiger partial charge on any atom is -0.467 e. The zero-order valence-corrected chi connectivity index (χ0v) is 12.6. The summed E-state index contributed by atoms with van der Waals surface area (Å²) in [6.45, 7) is 1.72. The van der Waals surface area contributed by atoms with Crippen molar-refractivity contribution in [1.29, 1.82) is 0 Å². The van der Waals surface area contributed by atoms with Gasteiger partial charge in [0, 0.05) is 6.04 Å². The van der Waals surface area contributed by atoms with Crippen molar-refractivity contribution in [3.63, 3.8) is 0 Å². The second-order valence-electron chi connectivity index (χ2n) is 5.03. The van der Waals surface area contributed by atoms with Gasteiger partial charge in [-0.15, -0.1) is 0 Å². The summed E-state index contributed by atoms with van der Waals surface area (Å²) >= 11 is 0. The van der Waals surface area contributed by atoms with Crippen molar-refractivity contribution in [2.75, 3.05) is 0 Å². The fraction of sp³-hybridized carbons (Fsp3) is 0.333. The number of sulfonamides is 1. The van der Waals surface area contributed by atoms with Crippen molar-refractivity contribution < 1.29 is 17.9 Å². The summed E-state index contributed by atoms with van der Waals surface area (Å²) in [5.74, 6) is 0.360. The molecule has 21 heavy (non-hydrogen) atoms. The van der Waals surface area contributed by atoms with Crippen LogP contribution in [0.4, 0.5) is 0 Å². The van der Waals surface area contributed by atoms with Crippen LogP contribution in [0.1, 0.15) is 30.8 Å². The van der Waals surface area contributed by atoms with Gasteiger partial charge in [-0.05, 0) is 31.0 Å². The Morgan fingerprint density at radius 2 is 1.90 bits per heavy atom. The lowest BCUT2D eigenvalue weighted by molar-refractivity contribution is 0.132. The van der Waals surface area contributed by atoms with Crippen LogP contribution < -0.4 is 4.72 Å². The standard InChI is InChI=1S/C15H19NO4S/c1-12(10-14(17)15-8-5-9-20-15)16-21(18,19)11-13-6-3-2-4-7-13/h2-9,12,14,16-17H,10-11H2,1H3/t12-,14+/m1/s1. The fourth-order valence-corrected chi connectivity index (χ4v) is 3.55. The molecule has 114 valence electrons. The highest BCUT2D eigenvalue weighted by Crippen LogP contribution is 2.19. The van der Waals surface area contributed by atoms with Gasteiger partial charge in [-0.2, -0.15) is 0 Å². The van der Waals surface area contributed by atoms with Gasteiger partial charge in [0.25, 0.3) is 0 Å². The number of furan rings is 1. The van der Waals surface area contributed by atoms with Crippen LogP contribution >= 0.6 is 0 Å². The van der Waals surface area contributed by atoms with E-state index in [0.29, 0.717) is 5.76 Å². The van der Waals surface area contributed by atoms with E-state index in [-0.39, 0.29) is 18.2 Å². The molecule has 1 aromatic carbocycles. The number of hydrogen-bond acceptors (Lipinski definition) is 4. The fourth-order valence-electron chi connectivity index (χ4n) is 2.12. The van der Waals surface area contributed by atoms with E-state index in [0.717, 1.165) is 5.56 Å². The van der Waals surface area contributed by atoms with Gasteiger partial charge >= 0.3 is 0 Å². The molecule has 2 atom stereocenters. The number of hydrogen-bond donors (Lipinski definition) is 2. The van der Waals surface area contributed by atoms with E-state index in [1.165, 1.54) is 6.26 Å². The predicted molar refractivity (Wildman–Crippen MR) is 79.9 cm³/mol. The molecular formula is C15H19NO4S. The van der Waals surface area contributed by atoms with Crippen molar-refractivity contribution in [3.8, 4) is 0 Å². The molecular weight excluding hydrogens is 290 g/mol. The third-order valence-corrected chi connectivity index (χ3v) is 4.50. The van der Waals surface area contributed by atoms with Crippen molar-refractivity contribution in [2.45, 2.75) is 31.2 Å². The summed E-state index contributed by atoms with van der Waals surface area (Å²) < 4.78 is 31.8. The molecule has 0 aliphatic carbocycles. The Hall–Kier alpha value is -1.63. The Morgan fingerprint density at radius 1 is 1.19 bits per heavy atom. The van der Waals surface area contributed by atoms with Gasteiger partial charge in [0.15, 0.2) is 0 Å². The van der Waals surface area contributed by atoms with Crippen molar-refractivity contribution >= 4 is 10.0 Å². The van der Waals surface area contributed by atoms with Crippen LogP contribution in [0.15, 0.2) is 53.1 Å². The second kappa shape index (κ2) is 6.89. The molecule has 5 nitrogen and oxygen atoms in total. The van der Waals surface area contributed by atoms with Crippen molar-refractivity contribution in [1.82, 2.24) is 4.72 Å². The first-order valence-corrected chi connectivity index (χ1v) is 8.37. The lowest BCUT2D eigenvalue weighted by Crippen LogP contribution is -2.34. The molecule has 0 spiro atoms. The molecule has 0 aliphatic heterocycles. The first kappa shape index (κ1) is 15.8. The lowest BCUT2D eigenvalue weighted by Gasteiger charge is -2.16. The van der Waals surface area contributed by atoms with Crippen LogP contribution in [0.5, 0.6) is 0 Å². The van der Waals surface area contributed by atoms with Crippen LogP contribution in [0, 0.1) is 0 Å². The van der Waals surface area contributed by atoms with E-state index in [9.17, 15) is 13.5 Å². The first-order valence-electron chi connectivity index (χ1n) is 6.71. The summed E-state index contributed by atoms with van der Waals surface area (Å²) in [7, 11) is -3.44. The Balaban J connectivity index is 1.90. The molecule has 0 amide bonds. The summed E-state index contributed by atoms with van der Waals surface area (Å²) in [6, 6.07) is 11.9. The molecule has 2 N–H and O–H groups in total. The Kier molecular flexibility index (Phi) is 5.17. The zero-order chi connectivity index (χ0) is 15.3. The average Bonchev–Trinajstić information content (AvgIpc) is 2.92. The highest BCUT2D eigenvalue weighted by molar-refractivity contribution is 7.88. The van der Waals surface area contributed by atoms with Crippen LogP contribution in [-0.2, 0) is 15.8 Å². The zero-order valence-electron chi connectivity index (χ0n) is 11.8. The second-order valence-corrected chi connectivity index (χ2v) is 6.78. The molecule has 0 saturated carbocycles. The molecule has 0 aliphatic rings. The van der Waals surface area contributed by atoms with Gasteiger partial charge in [0.05, 0.1) is 12.0 Å². The molecule has 0 radical (unpaired) electrons. The van der Waals surface area contributed by atoms with Gasteiger partial charge in [-0.3, -0.25) is 0 Å². The molecule has 1 heterocycles. The molecule has 2 rings (SSSR count). The summed E-state index contributed by atoms with van der Waals surface area (Å²) in [6.07, 6.45) is 0.902. The van der Waals surface area contributed by atoms with E-state index >= 15 is 0 Å². The quantitative estimate of drug-likeness (QED) is 0.822. The van der Waals surface area contributed by atoms with Crippen molar-refractivity contribution in [2.24, 2.45) is 0 Å². The highest BCUT2D eigenvalue weighted by Gasteiger charge is 2.19. The van der Waals surface area contributed by atoms with Gasteiger partial charge in [-0.25, -0.2) is 13.1 Å². The van der Waals surface area contributed by atoms with Crippen LogP contribution in [0.25, 0.3) is 0 Å². The van der Waals surface area contributed by atoms with E-state index in [1.54, 1.807) is 43.3 Å². The summed E-state index contributed by atoms with van der Waals surface area (Å²) in [5.41, 5.74) is 0.726. The van der Waals surface area contributed by atoms with E-state index < -0.39 is 16.1 Å². The Labute approximate surface area is 124 Å². The normalized spacial score (nSPS) is 14.8. The van der Waals surface area contributed by atoms with E-state index in [4.69, 9.17) is 4.42 Å². The molecule has 0 fully saturated rings.